The molecule has 0 saturated heterocycles. The Kier molecular flexibility index (Phi) is 8.82. The van der Waals surface area contributed by atoms with Crippen molar-refractivity contribution >= 4 is 26.1 Å². The standard InChI is InChI=1S/C10H20N2O5S2/c1-2-3-4-5-6-7-8-18(14,15)10-12-19(16,17)11-9-13/h12H,2-8,10H2,1H3. The van der Waals surface area contributed by atoms with Crippen molar-refractivity contribution in [2.45, 2.75) is 45.4 Å². The van der Waals surface area contributed by atoms with Gasteiger partial charge in [0.2, 0.25) is 0 Å². The predicted octanol–water partition coefficient (Wildman–Crippen LogP) is 0.889. The maximum atomic E-state index is 11.5. The van der Waals surface area contributed by atoms with Crippen molar-refractivity contribution < 1.29 is 21.6 Å². The molecule has 0 unspecified atom stereocenters. The first-order valence-corrected chi connectivity index (χ1v) is 9.38. The number of hydrogen-bond donors (Lipinski definition) is 1. The fourth-order valence-corrected chi connectivity index (χ4v) is 3.68. The number of hydrogen-bond acceptors (Lipinski definition) is 5. The number of unbranched alkanes of at least 4 members (excludes halogenated alkanes) is 5. The van der Waals surface area contributed by atoms with Crippen LogP contribution >= 0.6 is 0 Å². The molecule has 0 aliphatic rings. The molecule has 9 heteroatoms. The second-order valence-corrected chi connectivity index (χ2v) is 7.77. The molecule has 112 valence electrons. The van der Waals surface area contributed by atoms with E-state index in [1.54, 1.807) is 4.72 Å². The number of carbonyl (C=O) groups excluding carboxylic acids is 1. The zero-order chi connectivity index (χ0) is 14.8. The number of rotatable bonds is 11. The lowest BCUT2D eigenvalue weighted by Gasteiger charge is -2.04. The third kappa shape index (κ3) is 10.8. The maximum absolute atomic E-state index is 11.5. The van der Waals surface area contributed by atoms with Gasteiger partial charge in [0.15, 0.2) is 9.84 Å². The quantitative estimate of drug-likeness (QED) is 0.346. The van der Waals surface area contributed by atoms with E-state index in [1.807, 2.05) is 0 Å². The van der Waals surface area contributed by atoms with E-state index < -0.39 is 25.9 Å². The van der Waals surface area contributed by atoms with Crippen LogP contribution in [0.25, 0.3) is 0 Å². The molecule has 0 aliphatic carbocycles. The summed E-state index contributed by atoms with van der Waals surface area (Å²) < 4.78 is 49.0. The van der Waals surface area contributed by atoms with Crippen molar-refractivity contribution in [1.82, 2.24) is 4.72 Å². The van der Waals surface area contributed by atoms with Crippen LogP contribution in [0.4, 0.5) is 0 Å². The van der Waals surface area contributed by atoms with Gasteiger partial charge >= 0.3 is 10.2 Å². The Morgan fingerprint density at radius 1 is 1.00 bits per heavy atom. The van der Waals surface area contributed by atoms with Gasteiger partial charge in [-0.25, -0.2) is 13.2 Å². The van der Waals surface area contributed by atoms with Gasteiger partial charge in [0, 0.05) is 0 Å². The largest absolute Gasteiger partial charge is 0.331 e. The molecule has 0 atom stereocenters. The van der Waals surface area contributed by atoms with Gasteiger partial charge in [0.25, 0.3) is 6.08 Å². The fourth-order valence-electron chi connectivity index (χ4n) is 1.42. The molecule has 0 aromatic heterocycles. The summed E-state index contributed by atoms with van der Waals surface area (Å²) in [5.41, 5.74) is 0. The predicted molar refractivity (Wildman–Crippen MR) is 72.2 cm³/mol. The molecule has 0 aromatic rings. The second kappa shape index (κ2) is 9.19. The summed E-state index contributed by atoms with van der Waals surface area (Å²) >= 11 is 0. The smallest absolute Gasteiger partial charge is 0.227 e. The average molecular weight is 312 g/mol. The molecular weight excluding hydrogens is 292 g/mol. The summed E-state index contributed by atoms with van der Waals surface area (Å²) in [6.07, 6.45) is 6.47. The summed E-state index contributed by atoms with van der Waals surface area (Å²) in [6.45, 7) is 2.10. The van der Waals surface area contributed by atoms with Gasteiger partial charge in [-0.2, -0.15) is 13.1 Å². The van der Waals surface area contributed by atoms with Crippen molar-refractivity contribution in [1.29, 1.82) is 0 Å². The minimum atomic E-state index is -4.24. The Morgan fingerprint density at radius 3 is 2.16 bits per heavy atom. The Morgan fingerprint density at radius 2 is 1.58 bits per heavy atom. The van der Waals surface area contributed by atoms with Gasteiger partial charge in [-0.3, -0.25) is 0 Å². The van der Waals surface area contributed by atoms with E-state index in [0.29, 0.717) is 6.42 Å². The van der Waals surface area contributed by atoms with E-state index in [4.69, 9.17) is 0 Å². The van der Waals surface area contributed by atoms with E-state index in [2.05, 4.69) is 11.3 Å². The molecule has 0 fully saturated rings. The summed E-state index contributed by atoms with van der Waals surface area (Å²) in [4.78, 5) is 9.78. The lowest BCUT2D eigenvalue weighted by atomic mass is 10.1. The third-order valence-corrected chi connectivity index (χ3v) is 4.93. The Hall–Kier alpha value is -0.760. The molecule has 0 aromatic carbocycles. The van der Waals surface area contributed by atoms with Crippen molar-refractivity contribution in [2.75, 3.05) is 11.6 Å². The minimum absolute atomic E-state index is 0.0769. The molecule has 19 heavy (non-hydrogen) atoms. The van der Waals surface area contributed by atoms with Crippen LogP contribution in [0.3, 0.4) is 0 Å². The van der Waals surface area contributed by atoms with Crippen molar-refractivity contribution in [2.24, 2.45) is 4.40 Å². The molecule has 0 spiro atoms. The maximum Gasteiger partial charge on any atom is 0.331 e. The van der Waals surface area contributed by atoms with Crippen LogP contribution in [0.2, 0.25) is 0 Å². The van der Waals surface area contributed by atoms with Crippen LogP contribution in [0.15, 0.2) is 4.40 Å². The average Bonchev–Trinajstić information content (AvgIpc) is 2.32. The van der Waals surface area contributed by atoms with E-state index in [1.165, 1.54) is 0 Å². The van der Waals surface area contributed by atoms with Gasteiger partial charge in [0.1, 0.15) is 5.88 Å². The SMILES string of the molecule is CCCCCCCCS(=O)(=O)CNS(=O)(=O)N=C=O. The van der Waals surface area contributed by atoms with Gasteiger partial charge in [-0.05, 0) is 6.42 Å². The van der Waals surface area contributed by atoms with E-state index >= 15 is 0 Å². The Bertz CT molecular complexity index is 492. The van der Waals surface area contributed by atoms with Gasteiger partial charge in [-0.1, -0.05) is 43.4 Å². The highest BCUT2D eigenvalue weighted by molar-refractivity contribution is 7.93. The first-order chi connectivity index (χ1) is 8.83. The Balaban J connectivity index is 3.97. The number of isocyanates is 1. The van der Waals surface area contributed by atoms with Crippen LogP contribution in [0.5, 0.6) is 0 Å². The monoisotopic (exact) mass is 312 g/mol. The summed E-state index contributed by atoms with van der Waals surface area (Å²) in [5, 5.41) is 0. The summed E-state index contributed by atoms with van der Waals surface area (Å²) in [6, 6.07) is 0. The van der Waals surface area contributed by atoms with E-state index in [9.17, 15) is 21.6 Å². The topological polar surface area (TPSA) is 110 Å². The Labute approximate surface area is 114 Å². The van der Waals surface area contributed by atoms with Crippen LogP contribution < -0.4 is 4.72 Å². The second-order valence-electron chi connectivity index (χ2n) is 4.16. The van der Waals surface area contributed by atoms with Gasteiger partial charge in [-0.15, -0.1) is 0 Å². The van der Waals surface area contributed by atoms with E-state index in [0.717, 1.165) is 38.2 Å². The molecule has 0 amide bonds. The molecule has 0 rings (SSSR count). The van der Waals surface area contributed by atoms with Crippen molar-refractivity contribution in [3.8, 4) is 0 Å². The van der Waals surface area contributed by atoms with Gasteiger partial charge in [0.05, 0.1) is 5.75 Å². The van der Waals surface area contributed by atoms with Crippen LogP contribution in [-0.2, 0) is 24.8 Å². The first-order valence-electron chi connectivity index (χ1n) is 6.12. The molecule has 0 saturated carbocycles. The highest BCUT2D eigenvalue weighted by atomic mass is 32.2. The van der Waals surface area contributed by atoms with Crippen LogP contribution in [-0.4, -0.2) is 34.5 Å². The summed E-state index contributed by atoms with van der Waals surface area (Å²) in [5.74, 6) is -0.818. The first kappa shape index (κ1) is 18.2. The van der Waals surface area contributed by atoms with Crippen LogP contribution in [0.1, 0.15) is 45.4 Å². The third-order valence-electron chi connectivity index (χ3n) is 2.43. The fraction of sp³-hybridized carbons (Fsp3) is 0.900. The molecule has 0 aliphatic heterocycles. The molecule has 7 nitrogen and oxygen atoms in total. The molecular formula is C10H20N2O5S2. The lowest BCUT2D eigenvalue weighted by molar-refractivity contribution is 0.560. The zero-order valence-electron chi connectivity index (χ0n) is 11.0. The van der Waals surface area contributed by atoms with Crippen molar-refractivity contribution in [3.63, 3.8) is 0 Å². The van der Waals surface area contributed by atoms with E-state index in [-0.39, 0.29) is 5.75 Å². The number of sulfone groups is 1. The molecule has 0 radical (unpaired) electrons. The molecule has 0 bridgehead atoms. The molecule has 0 heterocycles. The number of nitrogens with one attached hydrogen (secondary N) is 1. The van der Waals surface area contributed by atoms with Crippen LogP contribution in [0, 0.1) is 0 Å². The van der Waals surface area contributed by atoms with Crippen molar-refractivity contribution in [3.05, 3.63) is 0 Å². The number of nitrogens with zero attached hydrogens (tertiary/aromatic N) is 1. The highest BCUT2D eigenvalue weighted by Crippen LogP contribution is 2.06. The normalized spacial score (nSPS) is 12.1. The van der Waals surface area contributed by atoms with Gasteiger partial charge < -0.3 is 0 Å². The highest BCUT2D eigenvalue weighted by Gasteiger charge is 2.15. The zero-order valence-corrected chi connectivity index (χ0v) is 12.6. The summed E-state index contributed by atoms with van der Waals surface area (Å²) in [7, 11) is -7.74. The lowest BCUT2D eigenvalue weighted by Crippen LogP contribution is -2.29. The minimum Gasteiger partial charge on any atom is -0.227 e. The molecule has 1 N–H and O–H groups in total.